The predicted molar refractivity (Wildman–Crippen MR) is 109 cm³/mol. The topological polar surface area (TPSA) is 56.6 Å². The van der Waals surface area contributed by atoms with Crippen molar-refractivity contribution >= 4 is 17.7 Å². The van der Waals surface area contributed by atoms with Gasteiger partial charge in [0, 0.05) is 31.4 Å². The van der Waals surface area contributed by atoms with Crippen LogP contribution in [0.3, 0.4) is 0 Å². The molecule has 0 saturated carbocycles. The lowest BCUT2D eigenvalue weighted by molar-refractivity contribution is -0.134. The van der Waals surface area contributed by atoms with Crippen molar-refractivity contribution in [3.05, 3.63) is 41.7 Å². The molecule has 150 valence electrons. The van der Waals surface area contributed by atoms with Crippen molar-refractivity contribution < 1.29 is 14.3 Å². The van der Waals surface area contributed by atoms with E-state index in [9.17, 15) is 4.79 Å². The van der Waals surface area contributed by atoms with Gasteiger partial charge in [0.2, 0.25) is 5.91 Å². The largest absolute Gasteiger partial charge is 0.350 e. The van der Waals surface area contributed by atoms with Gasteiger partial charge < -0.3 is 14.4 Å². The molecule has 0 atom stereocenters. The van der Waals surface area contributed by atoms with E-state index < -0.39 is 0 Å². The molecule has 2 aliphatic rings. The number of aryl methyl sites for hydroxylation is 2. The van der Waals surface area contributed by atoms with Crippen molar-refractivity contribution in [1.82, 2.24) is 14.5 Å². The van der Waals surface area contributed by atoms with Crippen LogP contribution in [0.4, 0.5) is 0 Å². The molecule has 2 saturated heterocycles. The summed E-state index contributed by atoms with van der Waals surface area (Å²) in [5.74, 6) is 0.984. The number of hydrogen-bond donors (Lipinski definition) is 0. The van der Waals surface area contributed by atoms with Gasteiger partial charge >= 0.3 is 0 Å². The zero-order valence-corrected chi connectivity index (χ0v) is 17.3. The van der Waals surface area contributed by atoms with E-state index in [4.69, 9.17) is 9.47 Å². The van der Waals surface area contributed by atoms with Crippen LogP contribution in [-0.4, -0.2) is 58.7 Å². The Morgan fingerprint density at radius 2 is 1.96 bits per heavy atom. The fourth-order valence-electron chi connectivity index (χ4n) is 3.85. The Morgan fingerprint density at radius 3 is 2.71 bits per heavy atom. The molecule has 0 radical (unpaired) electrons. The van der Waals surface area contributed by atoms with Crippen molar-refractivity contribution in [2.24, 2.45) is 5.92 Å². The molecule has 1 amide bonds. The van der Waals surface area contributed by atoms with Crippen LogP contribution >= 0.6 is 11.8 Å². The number of nitrogens with zero attached hydrogens (tertiary/aromatic N) is 3. The summed E-state index contributed by atoms with van der Waals surface area (Å²) in [5, 5.41) is 0.852. The highest BCUT2D eigenvalue weighted by Gasteiger charge is 2.31. The number of carbonyl (C=O) groups is 1. The van der Waals surface area contributed by atoms with Crippen LogP contribution < -0.4 is 0 Å². The number of rotatable bonds is 5. The summed E-state index contributed by atoms with van der Waals surface area (Å²) < 4.78 is 13.3. The third kappa shape index (κ3) is 4.26. The molecule has 28 heavy (non-hydrogen) atoms. The molecule has 2 aromatic rings. The number of imidazole rings is 1. The molecule has 0 aliphatic carbocycles. The molecular formula is C21H27N3O3S. The lowest BCUT2D eigenvalue weighted by Crippen LogP contribution is -2.42. The second-order valence-corrected chi connectivity index (χ2v) is 8.43. The van der Waals surface area contributed by atoms with Gasteiger partial charge in [0.05, 0.1) is 24.7 Å². The van der Waals surface area contributed by atoms with Crippen LogP contribution in [0.5, 0.6) is 0 Å². The third-order valence-electron chi connectivity index (χ3n) is 5.48. The van der Waals surface area contributed by atoms with Crippen LogP contribution in [0.15, 0.2) is 35.7 Å². The Hall–Kier alpha value is -1.83. The van der Waals surface area contributed by atoms with Crippen molar-refractivity contribution in [1.29, 1.82) is 0 Å². The zero-order valence-electron chi connectivity index (χ0n) is 16.5. The van der Waals surface area contributed by atoms with Crippen LogP contribution in [-0.2, 0) is 14.3 Å². The Labute approximate surface area is 170 Å². The molecular weight excluding hydrogens is 374 g/mol. The first-order valence-corrected chi connectivity index (χ1v) is 10.8. The van der Waals surface area contributed by atoms with Crippen LogP contribution in [0.25, 0.3) is 5.69 Å². The Balaban J connectivity index is 1.33. The number of aromatic nitrogens is 2. The molecule has 0 N–H and O–H groups in total. The summed E-state index contributed by atoms with van der Waals surface area (Å²) in [5.41, 5.74) is 3.51. The summed E-state index contributed by atoms with van der Waals surface area (Å²) in [4.78, 5) is 19.1. The second-order valence-electron chi connectivity index (χ2n) is 7.49. The SMILES string of the molecule is Cc1ccc(C)c(-n2ccnc2SCC(=O)N2CCC(C3OCCO3)CC2)c1. The maximum absolute atomic E-state index is 12.7. The Kier molecular flexibility index (Phi) is 6.04. The predicted octanol–water partition coefficient (Wildman–Crippen LogP) is 3.19. The summed E-state index contributed by atoms with van der Waals surface area (Å²) in [7, 11) is 0. The van der Waals surface area contributed by atoms with E-state index >= 15 is 0 Å². The van der Waals surface area contributed by atoms with E-state index in [2.05, 4.69) is 41.6 Å². The minimum atomic E-state index is -0.0725. The van der Waals surface area contributed by atoms with E-state index in [-0.39, 0.29) is 12.2 Å². The van der Waals surface area contributed by atoms with Gasteiger partial charge in [0.15, 0.2) is 11.4 Å². The number of carbonyl (C=O) groups excluding carboxylic acids is 1. The van der Waals surface area contributed by atoms with Gasteiger partial charge in [-0.25, -0.2) is 4.98 Å². The molecule has 4 rings (SSSR count). The summed E-state index contributed by atoms with van der Waals surface area (Å²) >= 11 is 1.50. The molecule has 7 heteroatoms. The van der Waals surface area contributed by atoms with Crippen LogP contribution in [0, 0.1) is 19.8 Å². The lowest BCUT2D eigenvalue weighted by atomic mass is 9.96. The van der Waals surface area contributed by atoms with Crippen LogP contribution in [0.1, 0.15) is 24.0 Å². The third-order valence-corrected chi connectivity index (χ3v) is 6.43. The molecule has 6 nitrogen and oxygen atoms in total. The molecule has 0 bridgehead atoms. The van der Waals surface area contributed by atoms with Crippen molar-refractivity contribution in [3.8, 4) is 5.69 Å². The molecule has 2 aliphatic heterocycles. The second kappa shape index (κ2) is 8.68. The number of amides is 1. The molecule has 3 heterocycles. The minimum Gasteiger partial charge on any atom is -0.350 e. The highest BCUT2D eigenvalue weighted by atomic mass is 32.2. The van der Waals surface area contributed by atoms with Crippen molar-refractivity contribution in [2.45, 2.75) is 38.1 Å². The fraction of sp³-hybridized carbons (Fsp3) is 0.524. The van der Waals surface area contributed by atoms with E-state index in [1.54, 1.807) is 6.20 Å². The first kappa shape index (κ1) is 19.5. The van der Waals surface area contributed by atoms with E-state index in [1.807, 2.05) is 11.1 Å². The smallest absolute Gasteiger partial charge is 0.233 e. The number of ether oxygens (including phenoxy) is 2. The molecule has 1 aromatic carbocycles. The first-order valence-electron chi connectivity index (χ1n) is 9.86. The van der Waals surface area contributed by atoms with Crippen LogP contribution in [0.2, 0.25) is 0 Å². The van der Waals surface area contributed by atoms with Gasteiger partial charge in [0.25, 0.3) is 0 Å². The van der Waals surface area contributed by atoms with Gasteiger partial charge in [-0.1, -0.05) is 23.9 Å². The first-order chi connectivity index (χ1) is 13.6. The van der Waals surface area contributed by atoms with Crippen molar-refractivity contribution in [3.63, 3.8) is 0 Å². The minimum absolute atomic E-state index is 0.0725. The normalized spacial score (nSPS) is 18.7. The van der Waals surface area contributed by atoms with Gasteiger partial charge in [-0.2, -0.15) is 0 Å². The summed E-state index contributed by atoms with van der Waals surface area (Å²) in [6, 6.07) is 6.38. The summed E-state index contributed by atoms with van der Waals surface area (Å²) in [6.07, 6.45) is 5.57. The highest BCUT2D eigenvalue weighted by molar-refractivity contribution is 7.99. The molecule has 0 spiro atoms. The zero-order chi connectivity index (χ0) is 19.5. The fourth-order valence-corrected chi connectivity index (χ4v) is 4.72. The van der Waals surface area contributed by atoms with Gasteiger partial charge in [-0.15, -0.1) is 0 Å². The van der Waals surface area contributed by atoms with E-state index in [1.165, 1.54) is 22.9 Å². The average molecular weight is 402 g/mol. The standard InChI is InChI=1S/C21H27N3O3S/c1-15-3-4-16(2)18(13-15)24-10-7-22-21(24)28-14-19(25)23-8-5-17(6-9-23)20-26-11-12-27-20/h3-4,7,10,13,17,20H,5-6,8-9,11-12,14H2,1-2H3. The summed E-state index contributed by atoms with van der Waals surface area (Å²) in [6.45, 7) is 7.11. The number of likely N-dealkylation sites (tertiary alicyclic amines) is 1. The van der Waals surface area contributed by atoms with E-state index in [0.717, 1.165) is 36.8 Å². The van der Waals surface area contributed by atoms with Gasteiger partial charge in [-0.05, 0) is 43.9 Å². The Bertz CT molecular complexity index is 824. The monoisotopic (exact) mass is 401 g/mol. The molecule has 1 aromatic heterocycles. The van der Waals surface area contributed by atoms with Crippen molar-refractivity contribution in [2.75, 3.05) is 32.1 Å². The average Bonchev–Trinajstić information content (AvgIpc) is 3.40. The van der Waals surface area contributed by atoms with E-state index in [0.29, 0.717) is 24.9 Å². The maximum Gasteiger partial charge on any atom is 0.233 e. The molecule has 0 unspecified atom stereocenters. The lowest BCUT2D eigenvalue weighted by Gasteiger charge is -2.33. The highest BCUT2D eigenvalue weighted by Crippen LogP contribution is 2.27. The van der Waals surface area contributed by atoms with Gasteiger partial charge in [-0.3, -0.25) is 9.36 Å². The number of hydrogen-bond acceptors (Lipinski definition) is 5. The maximum atomic E-state index is 12.7. The quantitative estimate of drug-likeness (QED) is 0.720. The number of thioether (sulfide) groups is 1. The van der Waals surface area contributed by atoms with Gasteiger partial charge in [0.1, 0.15) is 0 Å². The molecule has 2 fully saturated rings. The Morgan fingerprint density at radius 1 is 1.21 bits per heavy atom. The number of benzene rings is 1. The number of piperidine rings is 1.